The maximum Gasteiger partial charge on any atom is 0.259 e. The number of hydrogen-bond donors (Lipinski definition) is 1. The van der Waals surface area contributed by atoms with E-state index in [0.717, 1.165) is 33.4 Å². The van der Waals surface area contributed by atoms with Crippen molar-refractivity contribution in [2.45, 2.75) is 12.8 Å². The summed E-state index contributed by atoms with van der Waals surface area (Å²) in [6, 6.07) is 9.83. The number of methoxy groups -OCH3 is 1. The molecule has 0 saturated carbocycles. The van der Waals surface area contributed by atoms with Crippen molar-refractivity contribution < 1.29 is 23.8 Å². The number of carbonyl (C=O) groups is 2. The second-order valence-electron chi connectivity index (χ2n) is 8.21. The van der Waals surface area contributed by atoms with Crippen molar-refractivity contribution in [2.75, 3.05) is 25.8 Å². The van der Waals surface area contributed by atoms with Gasteiger partial charge < -0.3 is 24.1 Å². The number of carbonyl (C=O) groups excluding carboxylic acids is 2. The van der Waals surface area contributed by atoms with Gasteiger partial charge in [0, 0.05) is 42.9 Å². The topological polar surface area (TPSA) is 82.0 Å². The van der Waals surface area contributed by atoms with Gasteiger partial charge in [-0.15, -0.1) is 0 Å². The zero-order valence-electron chi connectivity index (χ0n) is 17.9. The van der Waals surface area contributed by atoms with Crippen molar-refractivity contribution in [3.63, 3.8) is 0 Å². The van der Waals surface area contributed by atoms with Gasteiger partial charge in [-0.3, -0.25) is 14.5 Å². The van der Waals surface area contributed by atoms with Gasteiger partial charge in [0.1, 0.15) is 0 Å². The Morgan fingerprint density at radius 2 is 2.09 bits per heavy atom. The molecular formula is C24H21N3O5. The number of aromatic nitrogens is 1. The number of ether oxygens (including phenoxy) is 3. The summed E-state index contributed by atoms with van der Waals surface area (Å²) in [6.07, 6.45) is 2.05. The Labute approximate surface area is 184 Å². The van der Waals surface area contributed by atoms with Crippen molar-refractivity contribution in [1.29, 1.82) is 0 Å². The molecular weight excluding hydrogens is 410 g/mol. The Hall–Kier alpha value is -3.94. The van der Waals surface area contributed by atoms with Gasteiger partial charge in [-0.25, -0.2) is 0 Å². The molecule has 3 aliphatic rings. The molecule has 0 aliphatic carbocycles. The number of amides is 2. The average Bonchev–Trinajstić information content (AvgIpc) is 3.44. The van der Waals surface area contributed by atoms with Gasteiger partial charge in [-0.05, 0) is 35.4 Å². The first-order valence-corrected chi connectivity index (χ1v) is 10.4. The Bertz CT molecular complexity index is 1370. The van der Waals surface area contributed by atoms with E-state index in [1.165, 1.54) is 11.8 Å². The third kappa shape index (κ3) is 2.43. The van der Waals surface area contributed by atoms with E-state index < -0.39 is 5.92 Å². The molecule has 0 spiro atoms. The molecule has 0 radical (unpaired) electrons. The van der Waals surface area contributed by atoms with Crippen molar-refractivity contribution in [1.82, 2.24) is 9.47 Å². The lowest BCUT2D eigenvalue weighted by Gasteiger charge is -2.20. The number of aryl methyl sites for hydroxylation is 1. The fraction of sp³-hybridized carbons (Fsp3) is 0.250. The minimum atomic E-state index is -0.412. The second kappa shape index (κ2) is 6.53. The summed E-state index contributed by atoms with van der Waals surface area (Å²) in [5.74, 6) is 0.700. The molecule has 8 heteroatoms. The molecule has 1 N–H and O–H groups in total. The van der Waals surface area contributed by atoms with Crippen molar-refractivity contribution >= 4 is 28.4 Å². The van der Waals surface area contributed by atoms with Gasteiger partial charge in [-0.1, -0.05) is 6.07 Å². The number of anilines is 1. The molecule has 32 heavy (non-hydrogen) atoms. The van der Waals surface area contributed by atoms with Crippen LogP contribution in [-0.4, -0.2) is 41.7 Å². The molecule has 3 aliphatic heterocycles. The van der Waals surface area contributed by atoms with Crippen LogP contribution < -0.4 is 19.5 Å². The lowest BCUT2D eigenvalue weighted by molar-refractivity contribution is -0.139. The van der Waals surface area contributed by atoms with Crippen LogP contribution in [0.2, 0.25) is 0 Å². The van der Waals surface area contributed by atoms with E-state index in [1.54, 1.807) is 7.11 Å². The molecule has 2 aromatic carbocycles. The number of nitrogens with one attached hydrogen (secondary N) is 1. The summed E-state index contributed by atoms with van der Waals surface area (Å²) in [4.78, 5) is 27.0. The summed E-state index contributed by atoms with van der Waals surface area (Å²) in [5, 5.41) is 4.51. The first-order chi connectivity index (χ1) is 15.5. The highest BCUT2D eigenvalue weighted by Gasteiger charge is 2.42. The number of imide groups is 1. The van der Waals surface area contributed by atoms with Gasteiger partial charge in [0.25, 0.3) is 5.91 Å². The monoisotopic (exact) mass is 431 g/mol. The smallest absolute Gasteiger partial charge is 0.259 e. The average molecular weight is 431 g/mol. The molecule has 0 bridgehead atoms. The van der Waals surface area contributed by atoms with Crippen molar-refractivity contribution in [2.24, 2.45) is 7.05 Å². The zero-order chi connectivity index (χ0) is 22.1. The predicted molar refractivity (Wildman–Crippen MR) is 117 cm³/mol. The number of rotatable bonds is 2. The quantitative estimate of drug-likeness (QED) is 0.672. The van der Waals surface area contributed by atoms with E-state index in [1.807, 2.05) is 31.3 Å². The number of nitrogens with zero attached hydrogens (tertiary/aromatic N) is 2. The molecule has 0 saturated heterocycles. The largest absolute Gasteiger partial charge is 0.493 e. The van der Waals surface area contributed by atoms with Crippen molar-refractivity contribution in [3.8, 4) is 17.2 Å². The molecule has 0 unspecified atom stereocenters. The van der Waals surface area contributed by atoms with Gasteiger partial charge >= 0.3 is 0 Å². The van der Waals surface area contributed by atoms with Gasteiger partial charge in [0.2, 0.25) is 18.4 Å². The normalized spacial score (nSPS) is 18.7. The SMILES string of the molecule is COc1cc([C@@H]2C3=C(CN(C(C)=O)C3=O)Nc3cccc4c3c2cn4C)cc2c1OCO2. The zero-order valence-corrected chi connectivity index (χ0v) is 17.9. The van der Waals surface area contributed by atoms with E-state index in [-0.39, 0.29) is 25.2 Å². The lowest BCUT2D eigenvalue weighted by atomic mass is 9.84. The number of benzene rings is 2. The van der Waals surface area contributed by atoms with Crippen LogP contribution in [0.4, 0.5) is 5.69 Å². The number of fused-ring (bicyclic) bond motifs is 1. The third-order valence-electron chi connectivity index (χ3n) is 6.44. The Morgan fingerprint density at radius 3 is 2.88 bits per heavy atom. The van der Waals surface area contributed by atoms with E-state index in [0.29, 0.717) is 22.8 Å². The molecule has 1 atom stereocenters. The second-order valence-corrected chi connectivity index (χ2v) is 8.21. The van der Waals surface area contributed by atoms with Gasteiger partial charge in [0.15, 0.2) is 11.5 Å². The van der Waals surface area contributed by atoms with Crippen LogP contribution in [0.15, 0.2) is 47.8 Å². The summed E-state index contributed by atoms with van der Waals surface area (Å²) in [5.41, 5.74) is 5.08. The lowest BCUT2D eigenvalue weighted by Crippen LogP contribution is -2.33. The van der Waals surface area contributed by atoms with Crippen LogP contribution in [0.1, 0.15) is 24.0 Å². The molecule has 1 aromatic heterocycles. The van der Waals surface area contributed by atoms with Crippen LogP contribution in [-0.2, 0) is 16.6 Å². The first-order valence-electron chi connectivity index (χ1n) is 10.4. The minimum absolute atomic E-state index is 0.116. The molecule has 0 fully saturated rings. The first kappa shape index (κ1) is 18.8. The maximum absolute atomic E-state index is 13.5. The Balaban J connectivity index is 1.65. The Kier molecular flexibility index (Phi) is 3.83. The highest BCUT2D eigenvalue weighted by atomic mass is 16.7. The molecule has 4 heterocycles. The van der Waals surface area contributed by atoms with E-state index in [2.05, 4.69) is 22.1 Å². The summed E-state index contributed by atoms with van der Waals surface area (Å²) < 4.78 is 18.9. The fourth-order valence-corrected chi connectivity index (χ4v) is 5.03. The molecule has 6 rings (SSSR count). The predicted octanol–water partition coefficient (Wildman–Crippen LogP) is 3.12. The fourth-order valence-electron chi connectivity index (χ4n) is 5.03. The van der Waals surface area contributed by atoms with Crippen LogP contribution in [0.3, 0.4) is 0 Å². The van der Waals surface area contributed by atoms with E-state index in [9.17, 15) is 9.59 Å². The minimum Gasteiger partial charge on any atom is -0.493 e. The summed E-state index contributed by atoms with van der Waals surface area (Å²) in [6.45, 7) is 1.75. The summed E-state index contributed by atoms with van der Waals surface area (Å²) in [7, 11) is 3.57. The standard InChI is InChI=1S/C24H21N3O5/c1-12(28)27-10-16-22(24(27)29)20(13-7-18(30-3)23-19(8-13)31-11-32-23)14-9-26(2)17-6-4-5-15(25-16)21(14)17/h4-9,20,25H,10-11H2,1-3H3/t20-/m0/s1. The van der Waals surface area contributed by atoms with E-state index >= 15 is 0 Å². The molecule has 162 valence electrons. The Morgan fingerprint density at radius 1 is 1.25 bits per heavy atom. The van der Waals surface area contributed by atoms with Crippen LogP contribution in [0.5, 0.6) is 17.2 Å². The molecule has 2 amide bonds. The van der Waals surface area contributed by atoms with Crippen LogP contribution >= 0.6 is 0 Å². The summed E-state index contributed by atoms with van der Waals surface area (Å²) >= 11 is 0. The van der Waals surface area contributed by atoms with Gasteiger partial charge in [0.05, 0.1) is 24.7 Å². The van der Waals surface area contributed by atoms with Crippen LogP contribution in [0.25, 0.3) is 10.9 Å². The molecule has 3 aromatic rings. The van der Waals surface area contributed by atoms with Crippen molar-refractivity contribution in [3.05, 3.63) is 58.9 Å². The maximum atomic E-state index is 13.5. The van der Waals surface area contributed by atoms with Crippen LogP contribution in [0, 0.1) is 0 Å². The van der Waals surface area contributed by atoms with Gasteiger partial charge in [-0.2, -0.15) is 0 Å². The molecule has 8 nitrogen and oxygen atoms in total. The highest BCUT2D eigenvalue weighted by molar-refractivity contribution is 6.11. The highest BCUT2D eigenvalue weighted by Crippen LogP contribution is 2.50. The number of hydrogen-bond acceptors (Lipinski definition) is 6. The van der Waals surface area contributed by atoms with E-state index in [4.69, 9.17) is 14.2 Å². The third-order valence-corrected chi connectivity index (χ3v) is 6.44.